The number of carbonyl (C=O) groups excluding carboxylic acids is 1. The summed E-state index contributed by atoms with van der Waals surface area (Å²) in [5.41, 5.74) is -0.176. The number of hydrogen-bond donors (Lipinski definition) is 0. The summed E-state index contributed by atoms with van der Waals surface area (Å²) >= 11 is 0. The maximum absolute atomic E-state index is 14.2. The van der Waals surface area contributed by atoms with E-state index in [0.29, 0.717) is 38.7 Å². The molecule has 0 bridgehead atoms. The molecule has 6 nitrogen and oxygen atoms in total. The average Bonchev–Trinajstić information content (AvgIpc) is 2.77. The molecule has 2 saturated heterocycles. The Morgan fingerprint density at radius 2 is 2.21 bits per heavy atom. The van der Waals surface area contributed by atoms with Crippen LogP contribution in [-0.2, 0) is 4.74 Å². The van der Waals surface area contributed by atoms with Crippen LogP contribution in [-0.4, -0.2) is 74.3 Å². The van der Waals surface area contributed by atoms with E-state index in [4.69, 9.17) is 4.74 Å². The van der Waals surface area contributed by atoms with Crippen LogP contribution in [0.15, 0.2) is 18.3 Å². The Morgan fingerprint density at radius 3 is 2.96 bits per heavy atom. The third kappa shape index (κ3) is 3.45. The van der Waals surface area contributed by atoms with Crippen molar-refractivity contribution in [3.63, 3.8) is 0 Å². The Morgan fingerprint density at radius 1 is 1.38 bits per heavy atom. The largest absolute Gasteiger partial charge is 0.379 e. The van der Waals surface area contributed by atoms with Crippen LogP contribution in [0.2, 0.25) is 0 Å². The molecular weight excluding hydrogens is 311 g/mol. The lowest BCUT2D eigenvalue weighted by molar-refractivity contribution is 0.0209. The molecule has 0 saturated carbocycles. The van der Waals surface area contributed by atoms with E-state index >= 15 is 0 Å². The number of hydrogen-bond acceptors (Lipinski definition) is 4. The molecule has 3 rings (SSSR count). The van der Waals surface area contributed by atoms with E-state index in [1.165, 1.54) is 6.07 Å². The summed E-state index contributed by atoms with van der Waals surface area (Å²) in [6, 6.07) is 3.05. The predicted molar refractivity (Wildman–Crippen MR) is 89.6 cm³/mol. The molecule has 2 aliphatic heterocycles. The van der Waals surface area contributed by atoms with Gasteiger partial charge in [-0.1, -0.05) is 0 Å². The molecule has 1 unspecified atom stereocenters. The van der Waals surface area contributed by atoms with Gasteiger partial charge in [0.05, 0.1) is 13.2 Å². The fraction of sp³-hybridized carbons (Fsp3) is 0.647. The van der Waals surface area contributed by atoms with Crippen LogP contribution in [0, 0.1) is 11.2 Å². The van der Waals surface area contributed by atoms with Gasteiger partial charge in [0.15, 0.2) is 11.6 Å². The minimum atomic E-state index is -0.313. The second-order valence-electron chi connectivity index (χ2n) is 6.99. The first kappa shape index (κ1) is 17.0. The number of urea groups is 1. The molecule has 2 aliphatic rings. The van der Waals surface area contributed by atoms with Crippen molar-refractivity contribution in [2.75, 3.05) is 58.4 Å². The number of nitrogens with zero attached hydrogens (tertiary/aromatic N) is 4. The minimum Gasteiger partial charge on any atom is -0.379 e. The zero-order valence-corrected chi connectivity index (χ0v) is 14.4. The number of carbonyl (C=O) groups is 1. The van der Waals surface area contributed by atoms with Crippen LogP contribution in [0.25, 0.3) is 0 Å². The highest BCUT2D eigenvalue weighted by atomic mass is 19.1. The summed E-state index contributed by atoms with van der Waals surface area (Å²) in [4.78, 5) is 22.0. The molecule has 0 radical (unpaired) electrons. The summed E-state index contributed by atoms with van der Waals surface area (Å²) in [6.07, 6.45) is 3.51. The first-order chi connectivity index (χ1) is 11.5. The third-order valence-electron chi connectivity index (χ3n) is 4.79. The standard InChI is InChI=1S/C17H25FN4O2/c1-20(2)16(23)22-8-4-6-17(12-22)11-21(9-10-24-13-17)15-14(18)5-3-7-19-15/h3,5,7H,4,6,8-13H2,1-2H3. The molecule has 2 fully saturated rings. The van der Waals surface area contributed by atoms with Crippen LogP contribution in [0.1, 0.15) is 12.8 Å². The molecule has 1 aromatic rings. The number of likely N-dealkylation sites (tertiary alicyclic amines) is 1. The number of anilines is 1. The molecule has 3 heterocycles. The molecule has 1 spiro atoms. The molecule has 2 amide bonds. The third-order valence-corrected chi connectivity index (χ3v) is 4.79. The van der Waals surface area contributed by atoms with Gasteiger partial charge in [0.2, 0.25) is 0 Å². The molecule has 24 heavy (non-hydrogen) atoms. The lowest BCUT2D eigenvalue weighted by Crippen LogP contribution is -2.54. The van der Waals surface area contributed by atoms with Crippen LogP contribution in [0.5, 0.6) is 0 Å². The highest BCUT2D eigenvalue weighted by molar-refractivity contribution is 5.74. The van der Waals surface area contributed by atoms with Gasteiger partial charge in [0.1, 0.15) is 0 Å². The highest BCUT2D eigenvalue weighted by Crippen LogP contribution is 2.34. The van der Waals surface area contributed by atoms with Crippen molar-refractivity contribution in [1.82, 2.24) is 14.8 Å². The van der Waals surface area contributed by atoms with Gasteiger partial charge in [0.25, 0.3) is 0 Å². The molecular formula is C17H25FN4O2. The van der Waals surface area contributed by atoms with Gasteiger partial charge in [-0.15, -0.1) is 0 Å². The van der Waals surface area contributed by atoms with E-state index in [0.717, 1.165) is 19.4 Å². The van der Waals surface area contributed by atoms with Gasteiger partial charge in [-0.05, 0) is 25.0 Å². The molecule has 1 atom stereocenters. The SMILES string of the molecule is CN(C)C(=O)N1CCCC2(COCCN(c3ncccc3F)C2)C1. The van der Waals surface area contributed by atoms with Crippen LogP contribution < -0.4 is 4.90 Å². The van der Waals surface area contributed by atoms with Crippen LogP contribution in [0.4, 0.5) is 15.0 Å². The molecule has 0 N–H and O–H groups in total. The number of aromatic nitrogens is 1. The Bertz CT molecular complexity index is 598. The quantitative estimate of drug-likeness (QED) is 0.785. The number of ether oxygens (including phenoxy) is 1. The predicted octanol–water partition coefficient (Wildman–Crippen LogP) is 1.82. The first-order valence-corrected chi connectivity index (χ1v) is 8.40. The maximum Gasteiger partial charge on any atom is 0.319 e. The summed E-state index contributed by atoms with van der Waals surface area (Å²) in [7, 11) is 3.53. The molecule has 0 aromatic carbocycles. The Labute approximate surface area is 142 Å². The van der Waals surface area contributed by atoms with Crippen molar-refractivity contribution in [3.05, 3.63) is 24.1 Å². The molecule has 132 valence electrons. The summed E-state index contributed by atoms with van der Waals surface area (Å²) in [5, 5.41) is 0. The van der Waals surface area contributed by atoms with Crippen molar-refractivity contribution < 1.29 is 13.9 Å². The number of halogens is 1. The van der Waals surface area contributed by atoms with E-state index < -0.39 is 0 Å². The Hall–Kier alpha value is -1.89. The Kier molecular flexibility index (Phi) is 4.89. The number of pyridine rings is 1. The van der Waals surface area contributed by atoms with Crippen LogP contribution in [0.3, 0.4) is 0 Å². The lowest BCUT2D eigenvalue weighted by atomic mass is 9.80. The second-order valence-corrected chi connectivity index (χ2v) is 6.99. The minimum absolute atomic E-state index is 0.0221. The molecule has 1 aromatic heterocycles. The van der Waals surface area contributed by atoms with E-state index in [1.54, 1.807) is 31.3 Å². The summed E-state index contributed by atoms with van der Waals surface area (Å²) < 4.78 is 20.0. The molecule has 0 aliphatic carbocycles. The monoisotopic (exact) mass is 336 g/mol. The zero-order valence-electron chi connectivity index (χ0n) is 14.4. The zero-order chi connectivity index (χ0) is 17.2. The number of rotatable bonds is 1. The van der Waals surface area contributed by atoms with Gasteiger partial charge in [-0.2, -0.15) is 0 Å². The smallest absolute Gasteiger partial charge is 0.319 e. The van der Waals surface area contributed by atoms with Gasteiger partial charge in [0, 0.05) is 51.9 Å². The first-order valence-electron chi connectivity index (χ1n) is 8.40. The van der Waals surface area contributed by atoms with Gasteiger partial charge in [-0.25, -0.2) is 14.2 Å². The normalized spacial score (nSPS) is 24.8. The topological polar surface area (TPSA) is 48.9 Å². The summed E-state index contributed by atoms with van der Waals surface area (Å²) in [6.45, 7) is 3.79. The van der Waals surface area contributed by atoms with Gasteiger partial charge < -0.3 is 19.4 Å². The second kappa shape index (κ2) is 6.93. The number of amides is 2. The summed E-state index contributed by atoms with van der Waals surface area (Å²) in [5.74, 6) is 0.0602. The van der Waals surface area contributed by atoms with Gasteiger partial charge in [-0.3, -0.25) is 0 Å². The molecule has 7 heteroatoms. The van der Waals surface area contributed by atoms with E-state index in [9.17, 15) is 9.18 Å². The lowest BCUT2D eigenvalue weighted by Gasteiger charge is -2.44. The van der Waals surface area contributed by atoms with Crippen molar-refractivity contribution in [2.24, 2.45) is 5.41 Å². The number of piperidine rings is 1. The van der Waals surface area contributed by atoms with E-state index in [-0.39, 0.29) is 17.3 Å². The highest BCUT2D eigenvalue weighted by Gasteiger charge is 2.41. The fourth-order valence-electron chi connectivity index (χ4n) is 3.68. The van der Waals surface area contributed by atoms with Crippen LogP contribution >= 0.6 is 0 Å². The Balaban J connectivity index is 1.81. The fourth-order valence-corrected chi connectivity index (χ4v) is 3.68. The van der Waals surface area contributed by atoms with Crippen molar-refractivity contribution in [3.8, 4) is 0 Å². The van der Waals surface area contributed by atoms with Crippen molar-refractivity contribution in [2.45, 2.75) is 12.8 Å². The van der Waals surface area contributed by atoms with Gasteiger partial charge >= 0.3 is 6.03 Å². The van der Waals surface area contributed by atoms with E-state index in [1.807, 2.05) is 9.80 Å². The van der Waals surface area contributed by atoms with Crippen molar-refractivity contribution in [1.29, 1.82) is 0 Å². The van der Waals surface area contributed by atoms with E-state index in [2.05, 4.69) is 4.98 Å². The average molecular weight is 336 g/mol. The van der Waals surface area contributed by atoms with Crippen molar-refractivity contribution >= 4 is 11.8 Å². The maximum atomic E-state index is 14.2.